The third-order valence-electron chi connectivity index (χ3n) is 8.41. The summed E-state index contributed by atoms with van der Waals surface area (Å²) < 4.78 is 4.58. The molecule has 2 fully saturated rings. The van der Waals surface area contributed by atoms with Crippen LogP contribution in [0.15, 0.2) is 47.6 Å². The molecule has 2 aliphatic heterocycles. The highest BCUT2D eigenvalue weighted by Crippen LogP contribution is 2.34. The Bertz CT molecular complexity index is 1180. The maximum atomic E-state index is 9.61. The van der Waals surface area contributed by atoms with E-state index in [4.69, 9.17) is 0 Å². The smallest absolute Gasteiger partial charge is 0.151 e. The molecule has 0 radical (unpaired) electrons. The zero-order valence-electron chi connectivity index (χ0n) is 26.1. The highest BCUT2D eigenvalue weighted by atomic mass is 32.2. The van der Waals surface area contributed by atoms with Crippen molar-refractivity contribution in [1.29, 1.82) is 0 Å². The quantitative estimate of drug-likeness (QED) is 0.204. The molecule has 230 valence electrons. The first-order chi connectivity index (χ1) is 20.4. The molecule has 1 aromatic heterocycles. The molecule has 0 bridgehead atoms. The Morgan fingerprint density at radius 3 is 2.67 bits per heavy atom. The van der Waals surface area contributed by atoms with Gasteiger partial charge >= 0.3 is 0 Å². The van der Waals surface area contributed by atoms with Crippen LogP contribution in [0.25, 0.3) is 6.08 Å². The summed E-state index contributed by atoms with van der Waals surface area (Å²) in [5, 5.41) is 10.7. The number of carbonyl (C=O) groups is 1. The highest BCUT2D eigenvalue weighted by Gasteiger charge is 2.32. The van der Waals surface area contributed by atoms with E-state index in [1.807, 2.05) is 23.7 Å². The minimum absolute atomic E-state index is 0.541. The van der Waals surface area contributed by atoms with Crippen molar-refractivity contribution in [1.82, 2.24) is 29.2 Å². The lowest BCUT2D eigenvalue weighted by Gasteiger charge is -2.46. The van der Waals surface area contributed by atoms with Crippen molar-refractivity contribution in [2.45, 2.75) is 69.9 Å². The molecule has 42 heavy (non-hydrogen) atoms. The topological polar surface area (TPSA) is 68.7 Å². The number of nitrogens with zero attached hydrogens (tertiary/aromatic N) is 5. The van der Waals surface area contributed by atoms with Crippen molar-refractivity contribution in [3.8, 4) is 0 Å². The standard InChI is InChI=1S/C28H42N6S.C5H9NO/c1-21(2)27-20-32(19-22-9-8-10-24(17-22)35-33-13-6-5-7-14-33)15-16-34(27)23-11-12-25-26(18-23)31(4)30-28(25)29-3;1-2-6-4-3-5-7/h8-10,17-18,21,27H,5-7,11-16,19-20H2,1-4H3,(H,29,30);2,5-6H,1,3-4H2. The van der Waals surface area contributed by atoms with Crippen LogP contribution in [-0.4, -0.2) is 82.5 Å². The lowest BCUT2D eigenvalue weighted by atomic mass is 9.94. The van der Waals surface area contributed by atoms with Crippen molar-refractivity contribution < 1.29 is 4.79 Å². The van der Waals surface area contributed by atoms with Gasteiger partial charge in [-0.05, 0) is 73.5 Å². The van der Waals surface area contributed by atoms with E-state index in [0.29, 0.717) is 24.9 Å². The monoisotopic (exact) mass is 593 g/mol. The highest BCUT2D eigenvalue weighted by molar-refractivity contribution is 7.97. The molecule has 2 aromatic rings. The number of nitrogens with one attached hydrogen (secondary N) is 2. The van der Waals surface area contributed by atoms with Gasteiger partial charge in [-0.3, -0.25) is 9.58 Å². The van der Waals surface area contributed by atoms with Crippen molar-refractivity contribution in [3.63, 3.8) is 0 Å². The van der Waals surface area contributed by atoms with E-state index in [9.17, 15) is 4.79 Å². The van der Waals surface area contributed by atoms with Gasteiger partial charge in [0.1, 0.15) is 6.29 Å². The fourth-order valence-corrected chi connectivity index (χ4v) is 7.25. The molecule has 2 saturated heterocycles. The largest absolute Gasteiger partial charge is 0.391 e. The third kappa shape index (κ3) is 8.64. The maximum absolute atomic E-state index is 9.61. The summed E-state index contributed by atoms with van der Waals surface area (Å²) in [6, 6.07) is 9.79. The molecule has 1 atom stereocenters. The summed E-state index contributed by atoms with van der Waals surface area (Å²) in [5.74, 6) is 1.64. The predicted octanol–water partition coefficient (Wildman–Crippen LogP) is 5.39. The fraction of sp³-hybridized carbons (Fsp3) is 0.576. The SMILES string of the molecule is C=CNCCC=O.CNc1nn(C)c2c1CCC(N1CCN(Cc3cccc(SN4CCCCC4)c3)CC1C(C)C)=C2. The number of hydrogen-bond acceptors (Lipinski definition) is 8. The van der Waals surface area contributed by atoms with E-state index in [0.717, 1.165) is 51.1 Å². The second-order valence-electron chi connectivity index (χ2n) is 11.8. The minimum atomic E-state index is 0.541. The number of aldehydes is 1. The van der Waals surface area contributed by atoms with Gasteiger partial charge in [-0.15, -0.1) is 0 Å². The lowest BCUT2D eigenvalue weighted by Crippen LogP contribution is -2.54. The van der Waals surface area contributed by atoms with Crippen LogP contribution >= 0.6 is 11.9 Å². The molecule has 3 aliphatic rings. The van der Waals surface area contributed by atoms with Crippen molar-refractivity contribution in [3.05, 3.63) is 59.6 Å². The van der Waals surface area contributed by atoms with Gasteiger partial charge < -0.3 is 20.3 Å². The molecular weight excluding hydrogens is 542 g/mol. The number of piperidine rings is 1. The first kappa shape index (κ1) is 32.2. The zero-order chi connectivity index (χ0) is 29.9. The number of rotatable bonds is 11. The Labute approximate surface area is 257 Å². The van der Waals surface area contributed by atoms with Crippen LogP contribution in [0.5, 0.6) is 0 Å². The second kappa shape index (κ2) is 16.2. The zero-order valence-corrected chi connectivity index (χ0v) is 27.0. The van der Waals surface area contributed by atoms with E-state index in [1.54, 1.807) is 6.20 Å². The summed E-state index contributed by atoms with van der Waals surface area (Å²) in [5.41, 5.74) is 5.56. The Morgan fingerprint density at radius 2 is 1.95 bits per heavy atom. The first-order valence-corrected chi connectivity index (χ1v) is 16.4. The summed E-state index contributed by atoms with van der Waals surface area (Å²) in [4.78, 5) is 16.4. The maximum Gasteiger partial charge on any atom is 0.151 e. The molecule has 0 saturated carbocycles. The van der Waals surface area contributed by atoms with E-state index < -0.39 is 0 Å². The number of allylic oxidation sites excluding steroid dienone is 1. The number of aryl methyl sites for hydroxylation is 1. The molecule has 3 heterocycles. The van der Waals surface area contributed by atoms with Gasteiger partial charge in [0.05, 0.1) is 5.69 Å². The normalized spacial score (nSPS) is 19.4. The molecule has 8 nitrogen and oxygen atoms in total. The van der Waals surface area contributed by atoms with Gasteiger partial charge in [-0.1, -0.05) is 39.0 Å². The van der Waals surface area contributed by atoms with Gasteiger partial charge in [0.15, 0.2) is 5.82 Å². The average molecular weight is 594 g/mol. The lowest BCUT2D eigenvalue weighted by molar-refractivity contribution is -0.107. The van der Waals surface area contributed by atoms with E-state index in [2.05, 4.69) is 87.7 Å². The van der Waals surface area contributed by atoms with Crippen molar-refractivity contribution in [2.75, 3.05) is 51.6 Å². The number of anilines is 1. The van der Waals surface area contributed by atoms with Gasteiger partial charge in [0.2, 0.25) is 0 Å². The summed E-state index contributed by atoms with van der Waals surface area (Å²) in [7, 11) is 4.03. The van der Waals surface area contributed by atoms with Gasteiger partial charge in [-0.25, -0.2) is 4.31 Å². The molecule has 1 aliphatic carbocycles. The fourth-order valence-electron chi connectivity index (χ4n) is 6.17. The Kier molecular flexibility index (Phi) is 12.4. The van der Waals surface area contributed by atoms with Crippen LogP contribution in [0.2, 0.25) is 0 Å². The minimum Gasteiger partial charge on any atom is -0.391 e. The van der Waals surface area contributed by atoms with Crippen LogP contribution in [0, 0.1) is 5.92 Å². The molecule has 1 unspecified atom stereocenters. The summed E-state index contributed by atoms with van der Waals surface area (Å²) in [6.07, 6.45) is 11.6. The molecule has 5 rings (SSSR count). The second-order valence-corrected chi connectivity index (χ2v) is 13.0. The number of hydrogen-bond donors (Lipinski definition) is 2. The number of fused-ring (bicyclic) bond motifs is 1. The van der Waals surface area contributed by atoms with Crippen molar-refractivity contribution >= 4 is 30.1 Å². The van der Waals surface area contributed by atoms with Gasteiger partial charge in [0, 0.05) is 88.5 Å². The number of aromatic nitrogens is 2. The Balaban J connectivity index is 0.000000517. The number of piperazine rings is 1. The van der Waals surface area contributed by atoms with E-state index >= 15 is 0 Å². The predicted molar refractivity (Wildman–Crippen MR) is 176 cm³/mol. The van der Waals surface area contributed by atoms with Crippen LogP contribution < -0.4 is 10.6 Å². The Hall–Kier alpha value is -2.75. The van der Waals surface area contributed by atoms with E-state index in [1.165, 1.54) is 59.8 Å². The first-order valence-electron chi connectivity index (χ1n) is 15.7. The van der Waals surface area contributed by atoms with Crippen LogP contribution in [-0.2, 0) is 24.8 Å². The molecule has 1 aromatic carbocycles. The number of benzene rings is 1. The molecule has 9 heteroatoms. The van der Waals surface area contributed by atoms with Crippen LogP contribution in [0.1, 0.15) is 62.8 Å². The van der Waals surface area contributed by atoms with Crippen LogP contribution in [0.3, 0.4) is 0 Å². The third-order valence-corrected chi connectivity index (χ3v) is 9.50. The molecule has 0 spiro atoms. The van der Waals surface area contributed by atoms with Gasteiger partial charge in [-0.2, -0.15) is 5.10 Å². The Morgan fingerprint density at radius 1 is 1.14 bits per heavy atom. The van der Waals surface area contributed by atoms with Crippen molar-refractivity contribution in [2.24, 2.45) is 13.0 Å². The molecular formula is C33H51N7OS. The molecule has 2 N–H and O–H groups in total. The van der Waals surface area contributed by atoms with Gasteiger partial charge in [0.25, 0.3) is 0 Å². The average Bonchev–Trinajstić information content (AvgIpc) is 3.33. The van der Waals surface area contributed by atoms with E-state index in [-0.39, 0.29) is 0 Å². The van der Waals surface area contributed by atoms with Crippen LogP contribution in [0.4, 0.5) is 5.82 Å². The number of carbonyl (C=O) groups excluding carboxylic acids is 1. The summed E-state index contributed by atoms with van der Waals surface area (Å²) in [6.45, 7) is 15.7. The summed E-state index contributed by atoms with van der Waals surface area (Å²) >= 11 is 1.95. The molecule has 0 amide bonds.